The van der Waals surface area contributed by atoms with Gasteiger partial charge in [-0.05, 0) is 42.5 Å². The van der Waals surface area contributed by atoms with Crippen molar-refractivity contribution in [3.63, 3.8) is 0 Å². The average molecular weight is 340 g/mol. The van der Waals surface area contributed by atoms with Crippen molar-refractivity contribution in [3.8, 4) is 0 Å². The first-order chi connectivity index (χ1) is 10.0. The molecule has 2 aromatic rings. The Bertz CT molecular complexity index is 644. The van der Waals surface area contributed by atoms with E-state index in [-0.39, 0.29) is 11.0 Å². The summed E-state index contributed by atoms with van der Waals surface area (Å²) in [5.41, 5.74) is 6.24. The molecule has 0 bridgehead atoms. The Labute approximate surface area is 137 Å². The lowest BCUT2D eigenvalue weighted by molar-refractivity contribution is 0.0944. The number of nitrogens with one attached hydrogen (secondary N) is 3. The van der Waals surface area contributed by atoms with Crippen LogP contribution >= 0.6 is 35.4 Å². The lowest BCUT2D eigenvalue weighted by atomic mass is 10.2. The molecule has 2 aromatic carbocycles. The van der Waals surface area contributed by atoms with Crippen LogP contribution < -0.4 is 16.2 Å². The molecule has 1 amide bonds. The highest BCUT2D eigenvalue weighted by atomic mass is 35.5. The minimum Gasteiger partial charge on any atom is -0.331 e. The van der Waals surface area contributed by atoms with E-state index in [1.165, 1.54) is 0 Å². The van der Waals surface area contributed by atoms with E-state index in [1.54, 1.807) is 42.5 Å². The third-order valence-corrected chi connectivity index (χ3v) is 3.09. The molecule has 0 atom stereocenters. The maximum Gasteiger partial charge on any atom is 0.269 e. The standard InChI is InChI=1S/C14H11Cl2N3OS/c15-10-6-11(16)8-12(7-10)17-14(21)19-18-13(20)9-4-2-1-3-5-9/h1-8H,(H,18,20)(H2,17,19,21). The molecule has 0 saturated heterocycles. The summed E-state index contributed by atoms with van der Waals surface area (Å²) in [4.78, 5) is 11.8. The van der Waals surface area contributed by atoms with E-state index < -0.39 is 0 Å². The first-order valence-electron chi connectivity index (χ1n) is 5.93. The van der Waals surface area contributed by atoms with Gasteiger partial charge in [-0.15, -0.1) is 0 Å². The summed E-state index contributed by atoms with van der Waals surface area (Å²) >= 11 is 16.8. The zero-order valence-electron chi connectivity index (χ0n) is 10.7. The van der Waals surface area contributed by atoms with Crippen LogP contribution in [0.5, 0.6) is 0 Å². The van der Waals surface area contributed by atoms with Gasteiger partial charge in [0.2, 0.25) is 0 Å². The second kappa shape index (κ2) is 7.26. The number of hydrogen-bond donors (Lipinski definition) is 3. The Morgan fingerprint density at radius 3 is 2.19 bits per heavy atom. The maximum absolute atomic E-state index is 11.8. The highest BCUT2D eigenvalue weighted by Crippen LogP contribution is 2.22. The number of hydrazine groups is 1. The number of halogens is 2. The molecule has 4 nitrogen and oxygen atoms in total. The van der Waals surface area contributed by atoms with Crippen LogP contribution in [-0.4, -0.2) is 11.0 Å². The normalized spacial score (nSPS) is 9.81. The Morgan fingerprint density at radius 2 is 1.57 bits per heavy atom. The van der Waals surface area contributed by atoms with Gasteiger partial charge in [-0.1, -0.05) is 41.4 Å². The quantitative estimate of drug-likeness (QED) is 0.577. The highest BCUT2D eigenvalue weighted by Gasteiger charge is 2.05. The third kappa shape index (κ3) is 4.90. The largest absolute Gasteiger partial charge is 0.331 e. The van der Waals surface area contributed by atoms with E-state index in [9.17, 15) is 4.79 Å². The summed E-state index contributed by atoms with van der Waals surface area (Å²) in [6.45, 7) is 0. The van der Waals surface area contributed by atoms with Crippen molar-refractivity contribution in [2.75, 3.05) is 5.32 Å². The first kappa shape index (κ1) is 15.6. The van der Waals surface area contributed by atoms with Crippen molar-refractivity contribution < 1.29 is 4.79 Å². The zero-order valence-corrected chi connectivity index (χ0v) is 13.0. The summed E-state index contributed by atoms with van der Waals surface area (Å²) in [6, 6.07) is 13.7. The fourth-order valence-electron chi connectivity index (χ4n) is 1.56. The van der Waals surface area contributed by atoms with Crippen LogP contribution in [0.25, 0.3) is 0 Å². The van der Waals surface area contributed by atoms with E-state index in [1.807, 2.05) is 6.07 Å². The minimum absolute atomic E-state index is 0.220. The van der Waals surface area contributed by atoms with Gasteiger partial charge in [0, 0.05) is 21.3 Å². The van der Waals surface area contributed by atoms with Gasteiger partial charge in [0.15, 0.2) is 5.11 Å². The second-order valence-corrected chi connectivity index (χ2v) is 5.34. The van der Waals surface area contributed by atoms with Gasteiger partial charge in [-0.3, -0.25) is 15.6 Å². The number of hydrogen-bond acceptors (Lipinski definition) is 2. The topological polar surface area (TPSA) is 53.2 Å². The van der Waals surface area contributed by atoms with Crippen LogP contribution in [0, 0.1) is 0 Å². The van der Waals surface area contributed by atoms with Crippen molar-refractivity contribution in [3.05, 3.63) is 64.1 Å². The molecule has 7 heteroatoms. The van der Waals surface area contributed by atoms with E-state index in [4.69, 9.17) is 35.4 Å². The van der Waals surface area contributed by atoms with Gasteiger partial charge < -0.3 is 5.32 Å². The van der Waals surface area contributed by atoms with Crippen molar-refractivity contribution in [2.24, 2.45) is 0 Å². The van der Waals surface area contributed by atoms with Crippen molar-refractivity contribution in [1.29, 1.82) is 0 Å². The first-order valence-corrected chi connectivity index (χ1v) is 7.09. The second-order valence-electron chi connectivity index (χ2n) is 4.06. The fraction of sp³-hybridized carbons (Fsp3) is 0. The van der Waals surface area contributed by atoms with Crippen molar-refractivity contribution in [1.82, 2.24) is 10.9 Å². The molecule has 0 spiro atoms. The van der Waals surface area contributed by atoms with Gasteiger partial charge in [-0.2, -0.15) is 0 Å². The van der Waals surface area contributed by atoms with Crippen molar-refractivity contribution in [2.45, 2.75) is 0 Å². The van der Waals surface area contributed by atoms with Gasteiger partial charge in [0.05, 0.1) is 0 Å². The molecule has 2 rings (SSSR count). The van der Waals surface area contributed by atoms with Gasteiger partial charge >= 0.3 is 0 Å². The van der Waals surface area contributed by atoms with Gasteiger partial charge in [-0.25, -0.2) is 0 Å². The van der Waals surface area contributed by atoms with E-state index in [0.717, 1.165) is 0 Å². The molecule has 0 aliphatic carbocycles. The molecule has 0 aromatic heterocycles. The zero-order chi connectivity index (χ0) is 15.2. The Hall–Kier alpha value is -1.82. The molecule has 3 N–H and O–H groups in total. The molecule has 0 unspecified atom stereocenters. The average Bonchev–Trinajstić information content (AvgIpc) is 2.44. The Balaban J connectivity index is 1.89. The van der Waals surface area contributed by atoms with E-state index >= 15 is 0 Å². The molecule has 0 radical (unpaired) electrons. The van der Waals surface area contributed by atoms with Crippen LogP contribution in [-0.2, 0) is 0 Å². The predicted molar refractivity (Wildman–Crippen MR) is 89.7 cm³/mol. The molecular formula is C14H11Cl2N3OS. The Morgan fingerprint density at radius 1 is 0.952 bits per heavy atom. The van der Waals surface area contributed by atoms with Gasteiger partial charge in [0.1, 0.15) is 0 Å². The number of carbonyl (C=O) groups excluding carboxylic acids is 1. The van der Waals surface area contributed by atoms with Crippen LogP contribution in [0.1, 0.15) is 10.4 Å². The van der Waals surface area contributed by atoms with Crippen LogP contribution in [0.3, 0.4) is 0 Å². The number of rotatable bonds is 2. The SMILES string of the molecule is O=C(NNC(=S)Nc1cc(Cl)cc(Cl)c1)c1ccccc1. The molecule has 0 saturated carbocycles. The van der Waals surface area contributed by atoms with E-state index in [0.29, 0.717) is 21.3 Å². The number of amides is 1. The monoisotopic (exact) mass is 339 g/mol. The Kier molecular flexibility index (Phi) is 5.38. The highest BCUT2D eigenvalue weighted by molar-refractivity contribution is 7.80. The molecule has 0 aliphatic rings. The van der Waals surface area contributed by atoms with Crippen LogP contribution in [0.2, 0.25) is 10.0 Å². The molecule has 108 valence electrons. The summed E-state index contributed by atoms with van der Waals surface area (Å²) in [7, 11) is 0. The summed E-state index contributed by atoms with van der Waals surface area (Å²) in [5, 5.41) is 4.06. The number of carbonyl (C=O) groups is 1. The molecule has 0 heterocycles. The summed E-state index contributed by atoms with van der Waals surface area (Å²) in [6.07, 6.45) is 0. The molecule has 21 heavy (non-hydrogen) atoms. The summed E-state index contributed by atoms with van der Waals surface area (Å²) < 4.78 is 0. The third-order valence-electron chi connectivity index (χ3n) is 2.45. The number of benzene rings is 2. The van der Waals surface area contributed by atoms with Crippen LogP contribution in [0.4, 0.5) is 5.69 Å². The van der Waals surface area contributed by atoms with Crippen molar-refractivity contribution >= 4 is 52.1 Å². The minimum atomic E-state index is -0.288. The lowest BCUT2D eigenvalue weighted by Crippen LogP contribution is -2.43. The summed E-state index contributed by atoms with van der Waals surface area (Å²) in [5.74, 6) is -0.288. The lowest BCUT2D eigenvalue weighted by Gasteiger charge is -2.12. The molecular weight excluding hydrogens is 329 g/mol. The maximum atomic E-state index is 11.8. The predicted octanol–water partition coefficient (Wildman–Crippen LogP) is 3.62. The molecule has 0 fully saturated rings. The molecule has 0 aliphatic heterocycles. The smallest absolute Gasteiger partial charge is 0.269 e. The van der Waals surface area contributed by atoms with Crippen LogP contribution in [0.15, 0.2) is 48.5 Å². The fourth-order valence-corrected chi connectivity index (χ4v) is 2.26. The van der Waals surface area contributed by atoms with E-state index in [2.05, 4.69) is 16.2 Å². The number of thiocarbonyl (C=S) groups is 1. The number of anilines is 1. The van der Waals surface area contributed by atoms with Gasteiger partial charge in [0.25, 0.3) is 5.91 Å².